The number of nitrogens with zero attached hydrogens (tertiary/aromatic N) is 3. The van der Waals surface area contributed by atoms with Crippen molar-refractivity contribution in [2.75, 3.05) is 11.4 Å². The maximum Gasteiger partial charge on any atom is 0.253 e. The number of hydrogen-bond acceptors (Lipinski definition) is 7. The third-order valence-electron chi connectivity index (χ3n) is 6.24. The summed E-state index contributed by atoms with van der Waals surface area (Å²) in [6.45, 7) is 6.98. The number of benzene rings is 1. The summed E-state index contributed by atoms with van der Waals surface area (Å²) in [5.74, 6) is 2.42. The first kappa shape index (κ1) is 25.2. The van der Waals surface area contributed by atoms with Crippen LogP contribution in [-0.2, 0) is 16.4 Å². The van der Waals surface area contributed by atoms with Gasteiger partial charge in [0.05, 0.1) is 4.90 Å². The number of anilines is 1. The normalized spacial score (nSPS) is 16.9. The number of terminal acetylenes is 1. The zero-order chi connectivity index (χ0) is 26.1. The van der Waals surface area contributed by atoms with E-state index < -0.39 is 15.7 Å². The van der Waals surface area contributed by atoms with Crippen LogP contribution in [0.5, 0.6) is 5.88 Å². The van der Waals surface area contributed by atoms with Crippen LogP contribution < -0.4 is 15.4 Å². The van der Waals surface area contributed by atoms with Crippen LogP contribution in [0, 0.1) is 18.3 Å². The van der Waals surface area contributed by atoms with Gasteiger partial charge < -0.3 is 15.4 Å². The molecule has 1 aromatic carbocycles. The average Bonchev–Trinajstić information content (AvgIpc) is 3.14. The minimum Gasteiger partial charge on any atom is -0.473 e. The van der Waals surface area contributed by atoms with Crippen molar-refractivity contribution in [3.05, 3.63) is 71.4 Å². The third kappa shape index (κ3) is 4.90. The van der Waals surface area contributed by atoms with E-state index in [1.807, 2.05) is 30.9 Å². The lowest BCUT2D eigenvalue weighted by atomic mass is 9.97. The molecule has 186 valence electrons. The topological polar surface area (TPSA) is 115 Å². The fourth-order valence-corrected chi connectivity index (χ4v) is 6.04. The monoisotopic (exact) mass is 504 g/mol. The molecule has 4 rings (SSSR count). The Labute approximate surface area is 211 Å². The summed E-state index contributed by atoms with van der Waals surface area (Å²) in [6.07, 6.45) is 7.63. The lowest BCUT2D eigenvalue weighted by Gasteiger charge is -2.33. The maximum absolute atomic E-state index is 13.7. The van der Waals surface area contributed by atoms with Crippen LogP contribution in [0.2, 0.25) is 0 Å². The van der Waals surface area contributed by atoms with Crippen molar-refractivity contribution in [3.8, 4) is 18.2 Å². The number of rotatable bonds is 7. The standard InChI is InChI=1S/C27H28N4O4S/c1-5-19-9-11-20(12-10-19)17-35-22-7-6-8-23(30-22)36(33,34)21-13-14-29-26(24(21)25(28)32)31-16-18(2)15-27(31,3)4/h1,6-14,18H,15-17H2,2-4H3,(H2,28,32). The smallest absolute Gasteiger partial charge is 0.253 e. The molecule has 1 aliphatic heterocycles. The van der Waals surface area contributed by atoms with E-state index in [0.717, 1.165) is 17.5 Å². The predicted octanol–water partition coefficient (Wildman–Crippen LogP) is 3.59. The molecule has 0 saturated carbocycles. The fourth-order valence-electron chi connectivity index (χ4n) is 4.65. The molecular weight excluding hydrogens is 476 g/mol. The number of carbonyl (C=O) groups excluding carboxylic acids is 1. The number of carbonyl (C=O) groups is 1. The Morgan fingerprint density at radius 1 is 1.22 bits per heavy atom. The number of nitrogens with two attached hydrogens (primary N) is 1. The largest absolute Gasteiger partial charge is 0.473 e. The second-order valence-electron chi connectivity index (χ2n) is 9.55. The molecule has 2 aromatic heterocycles. The lowest BCUT2D eigenvalue weighted by Crippen LogP contribution is -2.40. The zero-order valence-corrected chi connectivity index (χ0v) is 21.2. The van der Waals surface area contributed by atoms with Crippen LogP contribution in [0.1, 0.15) is 48.7 Å². The van der Waals surface area contributed by atoms with Crippen molar-refractivity contribution in [3.63, 3.8) is 0 Å². The quantitative estimate of drug-likeness (QED) is 0.489. The highest BCUT2D eigenvalue weighted by Gasteiger charge is 2.40. The van der Waals surface area contributed by atoms with Crippen molar-refractivity contribution in [2.24, 2.45) is 11.7 Å². The number of primary amides is 1. The van der Waals surface area contributed by atoms with Crippen LogP contribution in [0.15, 0.2) is 64.6 Å². The van der Waals surface area contributed by atoms with Gasteiger partial charge in [0.2, 0.25) is 15.7 Å². The first-order chi connectivity index (χ1) is 17.0. The molecule has 3 aromatic rings. The number of sulfone groups is 1. The van der Waals surface area contributed by atoms with Crippen molar-refractivity contribution in [2.45, 2.75) is 49.3 Å². The molecule has 1 saturated heterocycles. The highest BCUT2D eigenvalue weighted by Crippen LogP contribution is 2.39. The summed E-state index contributed by atoms with van der Waals surface area (Å²) in [5.41, 5.74) is 6.86. The molecule has 0 radical (unpaired) electrons. The maximum atomic E-state index is 13.7. The highest BCUT2D eigenvalue weighted by atomic mass is 32.2. The van der Waals surface area contributed by atoms with Crippen molar-refractivity contribution >= 4 is 21.6 Å². The Morgan fingerprint density at radius 2 is 1.94 bits per heavy atom. The number of hydrogen-bond donors (Lipinski definition) is 1. The molecule has 36 heavy (non-hydrogen) atoms. The minimum absolute atomic E-state index is 0.126. The fraction of sp³-hybridized carbons (Fsp3) is 0.296. The van der Waals surface area contributed by atoms with E-state index in [4.69, 9.17) is 16.9 Å². The van der Waals surface area contributed by atoms with E-state index >= 15 is 0 Å². The molecule has 2 N–H and O–H groups in total. The zero-order valence-electron chi connectivity index (χ0n) is 20.4. The van der Waals surface area contributed by atoms with Gasteiger partial charge >= 0.3 is 0 Å². The van der Waals surface area contributed by atoms with Gasteiger partial charge in [-0.05, 0) is 56.0 Å². The first-order valence-corrected chi connectivity index (χ1v) is 13.0. The second-order valence-corrected chi connectivity index (χ2v) is 11.4. The van der Waals surface area contributed by atoms with Crippen LogP contribution >= 0.6 is 0 Å². The van der Waals surface area contributed by atoms with Gasteiger partial charge in [0.25, 0.3) is 5.91 Å². The number of ether oxygens (including phenoxy) is 1. The highest BCUT2D eigenvalue weighted by molar-refractivity contribution is 7.91. The molecule has 1 unspecified atom stereocenters. The van der Waals surface area contributed by atoms with Gasteiger partial charge in [0.1, 0.15) is 18.0 Å². The van der Waals surface area contributed by atoms with Crippen LogP contribution in [0.3, 0.4) is 0 Å². The Morgan fingerprint density at radius 3 is 2.56 bits per heavy atom. The van der Waals surface area contributed by atoms with Gasteiger partial charge in [0.15, 0.2) is 5.03 Å². The lowest BCUT2D eigenvalue weighted by molar-refractivity contribution is 0.0997. The Hall–Kier alpha value is -3.90. The average molecular weight is 505 g/mol. The molecule has 1 aliphatic rings. The summed E-state index contributed by atoms with van der Waals surface area (Å²) in [5, 5.41) is -0.253. The predicted molar refractivity (Wildman–Crippen MR) is 136 cm³/mol. The van der Waals surface area contributed by atoms with Gasteiger partial charge in [0, 0.05) is 29.9 Å². The molecule has 9 heteroatoms. The summed E-state index contributed by atoms with van der Waals surface area (Å²) < 4.78 is 33.0. The Kier molecular flexibility index (Phi) is 6.74. The molecule has 3 heterocycles. The third-order valence-corrected chi connectivity index (χ3v) is 7.94. The van der Waals surface area contributed by atoms with Crippen molar-refractivity contribution < 1.29 is 17.9 Å². The van der Waals surface area contributed by atoms with E-state index in [-0.39, 0.29) is 39.3 Å². The van der Waals surface area contributed by atoms with Crippen molar-refractivity contribution in [1.82, 2.24) is 9.97 Å². The van der Waals surface area contributed by atoms with E-state index in [2.05, 4.69) is 22.8 Å². The minimum atomic E-state index is -4.21. The van der Waals surface area contributed by atoms with E-state index in [1.165, 1.54) is 24.4 Å². The molecule has 1 atom stereocenters. The molecule has 1 amide bonds. The molecule has 0 spiro atoms. The number of amides is 1. The molecule has 0 bridgehead atoms. The van der Waals surface area contributed by atoms with Gasteiger partial charge in [-0.3, -0.25) is 4.79 Å². The number of pyridine rings is 2. The summed E-state index contributed by atoms with van der Waals surface area (Å²) in [6, 6.07) is 13.0. The molecular formula is C27H28N4O4S. The Balaban J connectivity index is 1.68. The van der Waals surface area contributed by atoms with Gasteiger partial charge in [-0.25, -0.2) is 18.4 Å². The van der Waals surface area contributed by atoms with Crippen molar-refractivity contribution in [1.29, 1.82) is 0 Å². The van der Waals surface area contributed by atoms with E-state index in [1.54, 1.807) is 18.2 Å². The van der Waals surface area contributed by atoms with Gasteiger partial charge in [-0.2, -0.15) is 0 Å². The second kappa shape index (κ2) is 9.63. The van der Waals surface area contributed by atoms with Crippen LogP contribution in [-0.4, -0.2) is 36.4 Å². The Bertz CT molecular complexity index is 1440. The molecule has 1 fully saturated rings. The van der Waals surface area contributed by atoms with E-state index in [0.29, 0.717) is 12.5 Å². The summed E-state index contributed by atoms with van der Waals surface area (Å²) in [7, 11) is -4.21. The molecule has 8 nitrogen and oxygen atoms in total. The van der Waals surface area contributed by atoms with Gasteiger partial charge in [-0.15, -0.1) is 6.42 Å². The SMILES string of the molecule is C#Cc1ccc(COc2cccc(S(=O)(=O)c3ccnc(N4CC(C)CC4(C)C)c3C(N)=O)n2)cc1. The first-order valence-electron chi connectivity index (χ1n) is 11.5. The summed E-state index contributed by atoms with van der Waals surface area (Å²) >= 11 is 0. The number of aromatic nitrogens is 2. The summed E-state index contributed by atoms with van der Waals surface area (Å²) in [4.78, 5) is 22.9. The van der Waals surface area contributed by atoms with Crippen LogP contribution in [0.25, 0.3) is 0 Å². The van der Waals surface area contributed by atoms with Gasteiger partial charge in [-0.1, -0.05) is 31.0 Å². The van der Waals surface area contributed by atoms with E-state index in [9.17, 15) is 13.2 Å². The van der Waals surface area contributed by atoms with Crippen LogP contribution in [0.4, 0.5) is 5.82 Å². The molecule has 0 aliphatic carbocycles.